The minimum atomic E-state index is 0.199. The summed E-state index contributed by atoms with van der Waals surface area (Å²) in [6.45, 7) is 6.10. The van der Waals surface area contributed by atoms with Gasteiger partial charge in [-0.05, 0) is 19.1 Å². The summed E-state index contributed by atoms with van der Waals surface area (Å²) >= 11 is 5.04. The van der Waals surface area contributed by atoms with Crippen LogP contribution in [0.1, 0.15) is 6.92 Å². The first-order valence-electron chi connectivity index (χ1n) is 5.87. The predicted octanol–water partition coefficient (Wildman–Crippen LogP) is 0.878. The summed E-state index contributed by atoms with van der Waals surface area (Å²) < 4.78 is 0. The second kappa shape index (κ2) is 5.42. The molecule has 4 nitrogen and oxygen atoms in total. The molecule has 0 spiro atoms. The number of hydrogen-bond acceptors (Lipinski definition) is 4. The zero-order chi connectivity index (χ0) is 12.3. The van der Waals surface area contributed by atoms with Gasteiger partial charge in [0, 0.05) is 44.3 Å². The number of piperazine rings is 1. The van der Waals surface area contributed by atoms with E-state index in [1.54, 1.807) is 0 Å². The number of nitrogens with zero attached hydrogens (tertiary/aromatic N) is 3. The van der Waals surface area contributed by atoms with E-state index < -0.39 is 0 Å². The van der Waals surface area contributed by atoms with Crippen LogP contribution in [0.3, 0.4) is 0 Å². The summed E-state index contributed by atoms with van der Waals surface area (Å²) in [5.41, 5.74) is 6.92. The maximum absolute atomic E-state index is 5.68. The van der Waals surface area contributed by atoms with Crippen molar-refractivity contribution in [3.05, 3.63) is 24.5 Å². The molecule has 0 amide bonds. The number of rotatable bonds is 3. The van der Waals surface area contributed by atoms with Crippen molar-refractivity contribution >= 4 is 22.9 Å². The first kappa shape index (κ1) is 12.3. The zero-order valence-electron chi connectivity index (χ0n) is 10.0. The highest BCUT2D eigenvalue weighted by molar-refractivity contribution is 7.80. The molecule has 1 unspecified atom stereocenters. The standard InChI is InChI=1S/C12H18N4S/c1-10(12(13)17)15-6-8-16(9-7-15)11-2-4-14-5-3-11/h2-5,10H,6-9H2,1H3,(H2,13,17). The quantitative estimate of drug-likeness (QED) is 0.807. The van der Waals surface area contributed by atoms with Gasteiger partial charge in [-0.2, -0.15) is 0 Å². The summed E-state index contributed by atoms with van der Waals surface area (Å²) in [5.74, 6) is 0. The molecule has 1 aliphatic heterocycles. The predicted molar refractivity (Wildman–Crippen MR) is 74.3 cm³/mol. The van der Waals surface area contributed by atoms with Crippen LogP contribution in [0.5, 0.6) is 0 Å². The lowest BCUT2D eigenvalue weighted by Gasteiger charge is -2.38. The fourth-order valence-electron chi connectivity index (χ4n) is 2.10. The molecule has 1 aromatic rings. The molecule has 1 atom stereocenters. The van der Waals surface area contributed by atoms with Gasteiger partial charge in [0.2, 0.25) is 0 Å². The molecule has 0 saturated carbocycles. The zero-order valence-corrected chi connectivity index (χ0v) is 10.9. The lowest BCUT2D eigenvalue weighted by molar-refractivity contribution is 0.239. The van der Waals surface area contributed by atoms with Crippen molar-refractivity contribution in [3.8, 4) is 0 Å². The number of anilines is 1. The highest BCUT2D eigenvalue weighted by atomic mass is 32.1. The lowest BCUT2D eigenvalue weighted by Crippen LogP contribution is -2.52. The molecule has 0 bridgehead atoms. The van der Waals surface area contributed by atoms with Gasteiger partial charge in [-0.25, -0.2) is 0 Å². The fraction of sp³-hybridized carbons (Fsp3) is 0.500. The molecule has 2 rings (SSSR count). The second-order valence-electron chi connectivity index (χ2n) is 4.31. The third kappa shape index (κ3) is 2.92. The molecule has 0 aliphatic carbocycles. The highest BCUT2D eigenvalue weighted by Crippen LogP contribution is 2.15. The lowest BCUT2D eigenvalue weighted by atomic mass is 10.2. The summed E-state index contributed by atoms with van der Waals surface area (Å²) in [6.07, 6.45) is 3.67. The van der Waals surface area contributed by atoms with Gasteiger partial charge < -0.3 is 10.6 Å². The van der Waals surface area contributed by atoms with E-state index in [2.05, 4.69) is 21.7 Å². The van der Waals surface area contributed by atoms with Crippen LogP contribution in [-0.2, 0) is 0 Å². The summed E-state index contributed by atoms with van der Waals surface area (Å²) in [6, 6.07) is 4.30. The minimum absolute atomic E-state index is 0.199. The van der Waals surface area contributed by atoms with Gasteiger partial charge >= 0.3 is 0 Å². The number of hydrogen-bond donors (Lipinski definition) is 1. The van der Waals surface area contributed by atoms with E-state index in [-0.39, 0.29) is 6.04 Å². The van der Waals surface area contributed by atoms with Crippen molar-refractivity contribution in [1.29, 1.82) is 0 Å². The fourth-order valence-corrected chi connectivity index (χ4v) is 2.25. The van der Waals surface area contributed by atoms with Crippen LogP contribution < -0.4 is 10.6 Å². The molecular weight excluding hydrogens is 232 g/mol. The maximum atomic E-state index is 5.68. The van der Waals surface area contributed by atoms with Crippen LogP contribution >= 0.6 is 12.2 Å². The van der Waals surface area contributed by atoms with E-state index >= 15 is 0 Å². The topological polar surface area (TPSA) is 45.4 Å². The summed E-state index contributed by atoms with van der Waals surface area (Å²) in [7, 11) is 0. The smallest absolute Gasteiger partial charge is 0.0899 e. The van der Waals surface area contributed by atoms with Gasteiger partial charge in [0.25, 0.3) is 0 Å². The Morgan fingerprint density at radius 3 is 2.41 bits per heavy atom. The molecule has 17 heavy (non-hydrogen) atoms. The van der Waals surface area contributed by atoms with Gasteiger partial charge in [-0.1, -0.05) is 12.2 Å². The van der Waals surface area contributed by atoms with E-state index in [0.29, 0.717) is 4.99 Å². The molecular formula is C12H18N4S. The Morgan fingerprint density at radius 1 is 1.29 bits per heavy atom. The average Bonchev–Trinajstić information content (AvgIpc) is 2.39. The van der Waals surface area contributed by atoms with E-state index in [9.17, 15) is 0 Å². The second-order valence-corrected chi connectivity index (χ2v) is 4.78. The molecule has 1 saturated heterocycles. The highest BCUT2D eigenvalue weighted by Gasteiger charge is 2.22. The van der Waals surface area contributed by atoms with Gasteiger partial charge in [0.05, 0.1) is 11.0 Å². The van der Waals surface area contributed by atoms with E-state index in [1.807, 2.05) is 24.5 Å². The molecule has 0 aromatic carbocycles. The van der Waals surface area contributed by atoms with Crippen molar-refractivity contribution in [2.75, 3.05) is 31.1 Å². The summed E-state index contributed by atoms with van der Waals surface area (Å²) in [5, 5.41) is 0. The molecule has 0 radical (unpaired) electrons. The van der Waals surface area contributed by atoms with Gasteiger partial charge in [-0.3, -0.25) is 9.88 Å². The number of nitrogens with two attached hydrogens (primary N) is 1. The van der Waals surface area contributed by atoms with Crippen molar-refractivity contribution in [2.24, 2.45) is 5.73 Å². The molecule has 5 heteroatoms. The van der Waals surface area contributed by atoms with Crippen molar-refractivity contribution in [3.63, 3.8) is 0 Å². The monoisotopic (exact) mass is 250 g/mol. The summed E-state index contributed by atoms with van der Waals surface area (Å²) in [4.78, 5) is 9.32. The third-order valence-corrected chi connectivity index (χ3v) is 3.64. The first-order chi connectivity index (χ1) is 8.18. The van der Waals surface area contributed by atoms with Crippen LogP contribution in [0.25, 0.3) is 0 Å². The SMILES string of the molecule is CC(C(N)=S)N1CCN(c2ccncc2)CC1. The molecule has 1 aromatic heterocycles. The molecule has 1 aliphatic rings. The van der Waals surface area contributed by atoms with Crippen molar-refractivity contribution in [1.82, 2.24) is 9.88 Å². The number of pyridine rings is 1. The van der Waals surface area contributed by atoms with E-state index in [4.69, 9.17) is 18.0 Å². The number of aromatic nitrogens is 1. The van der Waals surface area contributed by atoms with Gasteiger partial charge in [-0.15, -0.1) is 0 Å². The van der Waals surface area contributed by atoms with E-state index in [0.717, 1.165) is 26.2 Å². The first-order valence-corrected chi connectivity index (χ1v) is 6.27. The Balaban J connectivity index is 1.93. The molecule has 2 heterocycles. The van der Waals surface area contributed by atoms with Crippen LogP contribution in [0.15, 0.2) is 24.5 Å². The molecule has 92 valence electrons. The average molecular weight is 250 g/mol. The van der Waals surface area contributed by atoms with Gasteiger partial charge in [0.15, 0.2) is 0 Å². The van der Waals surface area contributed by atoms with Crippen molar-refractivity contribution < 1.29 is 0 Å². The van der Waals surface area contributed by atoms with E-state index in [1.165, 1.54) is 5.69 Å². The van der Waals surface area contributed by atoms with Crippen LogP contribution in [0.4, 0.5) is 5.69 Å². The maximum Gasteiger partial charge on any atom is 0.0899 e. The largest absolute Gasteiger partial charge is 0.392 e. The number of thiocarbonyl (C=S) groups is 1. The van der Waals surface area contributed by atoms with Crippen LogP contribution in [0.2, 0.25) is 0 Å². The molecule has 2 N–H and O–H groups in total. The minimum Gasteiger partial charge on any atom is -0.392 e. The Bertz CT molecular complexity index is 373. The van der Waals surface area contributed by atoms with Crippen LogP contribution in [-0.4, -0.2) is 47.1 Å². The van der Waals surface area contributed by atoms with Gasteiger partial charge in [0.1, 0.15) is 0 Å². The molecule has 1 fully saturated rings. The Labute approximate surface area is 107 Å². The Morgan fingerprint density at radius 2 is 1.88 bits per heavy atom. The normalized spacial score (nSPS) is 19.0. The third-order valence-electron chi connectivity index (χ3n) is 3.30. The Hall–Kier alpha value is -1.20. The Kier molecular flexibility index (Phi) is 3.91. The van der Waals surface area contributed by atoms with Crippen molar-refractivity contribution in [2.45, 2.75) is 13.0 Å². The van der Waals surface area contributed by atoms with Crippen LogP contribution in [0, 0.1) is 0 Å².